The van der Waals surface area contributed by atoms with Crippen LogP contribution in [0.25, 0.3) is 0 Å². The van der Waals surface area contributed by atoms with E-state index in [4.69, 9.17) is 9.47 Å². The number of hydrogen-bond acceptors (Lipinski definition) is 4. The number of hydrogen-bond donors (Lipinski definition) is 3. The van der Waals surface area contributed by atoms with Crippen LogP contribution in [-0.2, 0) is 10.2 Å². The molecule has 3 amide bonds. The molecule has 1 aliphatic rings. The summed E-state index contributed by atoms with van der Waals surface area (Å²) in [5.41, 5.74) is 0.459. The summed E-state index contributed by atoms with van der Waals surface area (Å²) < 4.78 is 47.0. The highest BCUT2D eigenvalue weighted by Gasteiger charge is 2.28. The summed E-state index contributed by atoms with van der Waals surface area (Å²) in [6, 6.07) is 4.87. The molecular formula is C17H22F3N3O4. The van der Waals surface area contributed by atoms with Crippen LogP contribution in [0.15, 0.2) is 18.2 Å². The zero-order chi connectivity index (χ0) is 20.1. The van der Waals surface area contributed by atoms with Crippen molar-refractivity contribution in [1.82, 2.24) is 16.0 Å². The Balaban J connectivity index is 1.80. The molecule has 27 heavy (non-hydrogen) atoms. The molecule has 7 nitrogen and oxygen atoms in total. The lowest BCUT2D eigenvalue weighted by atomic mass is 9.84. The quantitative estimate of drug-likeness (QED) is 0.691. The highest BCUT2D eigenvalue weighted by Crippen LogP contribution is 2.34. The monoisotopic (exact) mass is 389 g/mol. The smallest absolute Gasteiger partial charge is 0.405 e. The van der Waals surface area contributed by atoms with E-state index in [1.165, 1.54) is 0 Å². The van der Waals surface area contributed by atoms with Crippen molar-refractivity contribution in [3.63, 3.8) is 0 Å². The lowest BCUT2D eigenvalue weighted by Gasteiger charge is -2.27. The molecule has 3 N–H and O–H groups in total. The first-order chi connectivity index (χ1) is 12.6. The number of urea groups is 1. The highest BCUT2D eigenvalue weighted by atomic mass is 19.4. The van der Waals surface area contributed by atoms with E-state index in [-0.39, 0.29) is 6.54 Å². The number of nitrogens with one attached hydrogen (secondary N) is 3. The SMILES string of the molecule is CC(C)(CNC(=O)NCC(=O)NCC(F)(F)F)c1ccc2c(c1)OCCO2. The van der Waals surface area contributed by atoms with E-state index in [1.54, 1.807) is 11.4 Å². The number of ether oxygens (including phenoxy) is 2. The number of carbonyl (C=O) groups is 2. The predicted molar refractivity (Wildman–Crippen MR) is 90.9 cm³/mol. The molecule has 1 aliphatic heterocycles. The van der Waals surface area contributed by atoms with Gasteiger partial charge in [-0.1, -0.05) is 19.9 Å². The van der Waals surface area contributed by atoms with Gasteiger partial charge >= 0.3 is 12.2 Å². The van der Waals surface area contributed by atoms with Crippen molar-refractivity contribution in [2.75, 3.05) is 32.8 Å². The Morgan fingerprint density at radius 3 is 2.33 bits per heavy atom. The van der Waals surface area contributed by atoms with E-state index in [9.17, 15) is 22.8 Å². The highest BCUT2D eigenvalue weighted by molar-refractivity contribution is 5.83. The summed E-state index contributed by atoms with van der Waals surface area (Å²) in [5, 5.41) is 6.50. The van der Waals surface area contributed by atoms with E-state index >= 15 is 0 Å². The van der Waals surface area contributed by atoms with Crippen LogP contribution in [0.2, 0.25) is 0 Å². The lowest BCUT2D eigenvalue weighted by molar-refractivity contribution is -0.137. The second-order valence-electron chi connectivity index (χ2n) is 6.67. The van der Waals surface area contributed by atoms with Gasteiger partial charge in [-0.05, 0) is 17.7 Å². The van der Waals surface area contributed by atoms with Gasteiger partial charge in [-0.2, -0.15) is 13.2 Å². The van der Waals surface area contributed by atoms with E-state index < -0.39 is 36.6 Å². The summed E-state index contributed by atoms with van der Waals surface area (Å²) >= 11 is 0. The molecule has 1 heterocycles. The first-order valence-corrected chi connectivity index (χ1v) is 8.32. The standard InChI is InChI=1S/C17H22F3N3O4/c1-16(2,11-3-4-12-13(7-11)27-6-5-26-12)9-23-15(25)21-8-14(24)22-10-17(18,19)20/h3-4,7H,5-6,8-10H2,1-2H3,(H,22,24)(H2,21,23,25). The number of halogens is 3. The van der Waals surface area contributed by atoms with Crippen LogP contribution in [0.4, 0.5) is 18.0 Å². The van der Waals surface area contributed by atoms with Gasteiger partial charge in [0.15, 0.2) is 11.5 Å². The average Bonchev–Trinajstić information content (AvgIpc) is 2.62. The summed E-state index contributed by atoms with van der Waals surface area (Å²) in [6.45, 7) is 3.03. The number of carbonyl (C=O) groups excluding carboxylic acids is 2. The second-order valence-corrected chi connectivity index (χ2v) is 6.67. The second kappa shape index (κ2) is 8.36. The summed E-state index contributed by atoms with van der Waals surface area (Å²) in [6.07, 6.45) is -4.49. The van der Waals surface area contributed by atoms with Crippen molar-refractivity contribution in [3.05, 3.63) is 23.8 Å². The Labute approximate surface area is 154 Å². The molecule has 0 saturated carbocycles. The van der Waals surface area contributed by atoms with Gasteiger partial charge in [0.05, 0.1) is 6.54 Å². The maximum Gasteiger partial charge on any atom is 0.405 e. The average molecular weight is 389 g/mol. The van der Waals surface area contributed by atoms with Crippen LogP contribution in [0.5, 0.6) is 11.5 Å². The van der Waals surface area contributed by atoms with E-state index in [0.29, 0.717) is 24.7 Å². The fourth-order valence-electron chi connectivity index (χ4n) is 2.35. The first-order valence-electron chi connectivity index (χ1n) is 8.32. The number of alkyl halides is 3. The zero-order valence-electron chi connectivity index (χ0n) is 15.0. The maximum absolute atomic E-state index is 12.0. The van der Waals surface area contributed by atoms with Crippen LogP contribution in [0, 0.1) is 0 Å². The first kappa shape index (κ1) is 20.7. The third-order valence-corrected chi connectivity index (χ3v) is 3.91. The van der Waals surface area contributed by atoms with Gasteiger partial charge in [-0.3, -0.25) is 4.79 Å². The summed E-state index contributed by atoms with van der Waals surface area (Å²) in [5.74, 6) is 0.377. The summed E-state index contributed by atoms with van der Waals surface area (Å²) in [7, 11) is 0. The van der Waals surface area contributed by atoms with Crippen molar-refractivity contribution < 1.29 is 32.2 Å². The lowest BCUT2D eigenvalue weighted by Crippen LogP contribution is -2.46. The van der Waals surface area contributed by atoms with Crippen molar-refractivity contribution in [1.29, 1.82) is 0 Å². The number of fused-ring (bicyclic) bond motifs is 1. The maximum atomic E-state index is 12.0. The Kier molecular flexibility index (Phi) is 6.40. The number of rotatable bonds is 6. The van der Waals surface area contributed by atoms with Crippen molar-refractivity contribution in [2.45, 2.75) is 25.4 Å². The molecule has 0 unspecified atom stereocenters. The topological polar surface area (TPSA) is 88.7 Å². The van der Waals surface area contributed by atoms with E-state index in [1.807, 2.05) is 26.0 Å². The fraction of sp³-hybridized carbons (Fsp3) is 0.529. The number of benzene rings is 1. The molecule has 0 saturated heterocycles. The molecule has 150 valence electrons. The molecule has 10 heteroatoms. The minimum Gasteiger partial charge on any atom is -0.486 e. The van der Waals surface area contributed by atoms with Crippen molar-refractivity contribution >= 4 is 11.9 Å². The van der Waals surface area contributed by atoms with E-state index in [0.717, 1.165) is 5.56 Å². The van der Waals surface area contributed by atoms with Gasteiger partial charge in [-0.15, -0.1) is 0 Å². The molecule has 1 aromatic rings. The fourth-order valence-corrected chi connectivity index (χ4v) is 2.35. The van der Waals surface area contributed by atoms with Crippen LogP contribution in [-0.4, -0.2) is 51.0 Å². The van der Waals surface area contributed by atoms with Gasteiger partial charge in [0, 0.05) is 12.0 Å². The number of amides is 3. The van der Waals surface area contributed by atoms with Crippen LogP contribution in [0.3, 0.4) is 0 Å². The van der Waals surface area contributed by atoms with Crippen molar-refractivity contribution in [3.8, 4) is 11.5 Å². The minimum atomic E-state index is -4.49. The molecular weight excluding hydrogens is 367 g/mol. The molecule has 0 fully saturated rings. The minimum absolute atomic E-state index is 0.239. The molecule has 1 aromatic carbocycles. The van der Waals surface area contributed by atoms with Crippen LogP contribution >= 0.6 is 0 Å². The molecule has 0 spiro atoms. The van der Waals surface area contributed by atoms with Crippen LogP contribution in [0.1, 0.15) is 19.4 Å². The summed E-state index contributed by atoms with van der Waals surface area (Å²) in [4.78, 5) is 23.1. The molecule has 0 atom stereocenters. The zero-order valence-corrected chi connectivity index (χ0v) is 15.0. The van der Waals surface area contributed by atoms with Gasteiger partial charge in [-0.25, -0.2) is 4.79 Å². The van der Waals surface area contributed by atoms with E-state index in [2.05, 4.69) is 10.6 Å². The Bertz CT molecular complexity index is 692. The van der Waals surface area contributed by atoms with Gasteiger partial charge in [0.25, 0.3) is 0 Å². The van der Waals surface area contributed by atoms with Gasteiger partial charge < -0.3 is 25.4 Å². The molecule has 0 bridgehead atoms. The molecule has 0 aliphatic carbocycles. The molecule has 0 aromatic heterocycles. The Morgan fingerprint density at radius 1 is 1.00 bits per heavy atom. The molecule has 2 rings (SSSR count). The largest absolute Gasteiger partial charge is 0.486 e. The van der Waals surface area contributed by atoms with Crippen molar-refractivity contribution in [2.24, 2.45) is 0 Å². The van der Waals surface area contributed by atoms with Gasteiger partial charge in [0.1, 0.15) is 19.8 Å². The third kappa shape index (κ3) is 6.54. The molecule has 0 radical (unpaired) electrons. The normalized spacial score (nSPS) is 13.7. The van der Waals surface area contributed by atoms with Gasteiger partial charge in [0.2, 0.25) is 5.91 Å². The van der Waals surface area contributed by atoms with Crippen LogP contribution < -0.4 is 25.4 Å². The Morgan fingerprint density at radius 2 is 1.67 bits per heavy atom. The Hall–Kier alpha value is -2.65. The predicted octanol–water partition coefficient (Wildman–Crippen LogP) is 1.71. The third-order valence-electron chi connectivity index (χ3n) is 3.91.